The number of nitrogens with one attached hydrogen (secondary N) is 1. The fourth-order valence-corrected chi connectivity index (χ4v) is 2.99. The standard InChI is InChI=1S/C17H23N3O2/c1-13(12-21)11-19-6-8-20(9-7-19)17(22)16-10-14-4-2-3-5-15(14)18-16/h2-5,10,13,18,21H,6-9,11-12H2,1H3. The zero-order chi connectivity index (χ0) is 15.5. The zero-order valence-corrected chi connectivity index (χ0v) is 13.0. The molecule has 1 amide bonds. The molecular weight excluding hydrogens is 278 g/mol. The molecule has 5 heteroatoms. The number of piperazine rings is 1. The maximum Gasteiger partial charge on any atom is 0.270 e. The lowest BCUT2D eigenvalue weighted by Gasteiger charge is -2.35. The van der Waals surface area contributed by atoms with Crippen molar-refractivity contribution in [1.82, 2.24) is 14.8 Å². The second-order valence-corrected chi connectivity index (χ2v) is 6.15. The third-order valence-corrected chi connectivity index (χ3v) is 4.30. The van der Waals surface area contributed by atoms with Gasteiger partial charge < -0.3 is 15.0 Å². The Morgan fingerprint density at radius 2 is 2.00 bits per heavy atom. The fourth-order valence-electron chi connectivity index (χ4n) is 2.99. The van der Waals surface area contributed by atoms with Crippen LogP contribution in [0.25, 0.3) is 10.9 Å². The van der Waals surface area contributed by atoms with Crippen molar-refractivity contribution < 1.29 is 9.90 Å². The molecular formula is C17H23N3O2. The number of fused-ring (bicyclic) bond motifs is 1. The first-order valence-electron chi connectivity index (χ1n) is 7.87. The topological polar surface area (TPSA) is 59.6 Å². The smallest absolute Gasteiger partial charge is 0.270 e. The number of benzene rings is 1. The van der Waals surface area contributed by atoms with Crippen LogP contribution in [0, 0.1) is 5.92 Å². The summed E-state index contributed by atoms with van der Waals surface area (Å²) in [6.45, 7) is 6.38. The summed E-state index contributed by atoms with van der Waals surface area (Å²) >= 11 is 0. The van der Waals surface area contributed by atoms with E-state index in [-0.39, 0.29) is 18.4 Å². The van der Waals surface area contributed by atoms with Crippen molar-refractivity contribution in [2.75, 3.05) is 39.3 Å². The van der Waals surface area contributed by atoms with E-state index in [0.717, 1.165) is 43.6 Å². The Kier molecular flexibility index (Phi) is 4.45. The Morgan fingerprint density at radius 1 is 1.27 bits per heavy atom. The number of nitrogens with zero attached hydrogens (tertiary/aromatic N) is 2. The van der Waals surface area contributed by atoms with Gasteiger partial charge in [-0.05, 0) is 18.1 Å². The van der Waals surface area contributed by atoms with Crippen LogP contribution in [0.2, 0.25) is 0 Å². The number of amides is 1. The molecule has 0 spiro atoms. The predicted molar refractivity (Wildman–Crippen MR) is 86.9 cm³/mol. The van der Waals surface area contributed by atoms with Crippen LogP contribution in [0.1, 0.15) is 17.4 Å². The highest BCUT2D eigenvalue weighted by atomic mass is 16.3. The van der Waals surface area contributed by atoms with Crippen molar-refractivity contribution in [3.05, 3.63) is 36.0 Å². The van der Waals surface area contributed by atoms with E-state index in [1.807, 2.05) is 42.2 Å². The number of para-hydroxylation sites is 1. The third kappa shape index (κ3) is 3.15. The lowest BCUT2D eigenvalue weighted by molar-refractivity contribution is 0.0597. The van der Waals surface area contributed by atoms with Crippen LogP contribution >= 0.6 is 0 Å². The van der Waals surface area contributed by atoms with E-state index in [0.29, 0.717) is 5.69 Å². The summed E-state index contributed by atoms with van der Waals surface area (Å²) in [5.74, 6) is 0.363. The van der Waals surface area contributed by atoms with E-state index in [4.69, 9.17) is 5.11 Å². The van der Waals surface area contributed by atoms with Crippen molar-refractivity contribution >= 4 is 16.8 Å². The van der Waals surface area contributed by atoms with Crippen LogP contribution in [0.4, 0.5) is 0 Å². The zero-order valence-electron chi connectivity index (χ0n) is 13.0. The number of rotatable bonds is 4. The predicted octanol–water partition coefficient (Wildman–Crippen LogP) is 1.55. The molecule has 118 valence electrons. The van der Waals surface area contributed by atoms with Gasteiger partial charge in [0.1, 0.15) is 5.69 Å². The van der Waals surface area contributed by atoms with E-state index in [1.165, 1.54) is 0 Å². The highest BCUT2D eigenvalue weighted by molar-refractivity contribution is 5.98. The summed E-state index contributed by atoms with van der Waals surface area (Å²) in [6, 6.07) is 9.87. The molecule has 2 aromatic rings. The second kappa shape index (κ2) is 6.50. The number of hydrogen-bond acceptors (Lipinski definition) is 3. The summed E-state index contributed by atoms with van der Waals surface area (Å²) in [6.07, 6.45) is 0. The molecule has 1 atom stereocenters. The van der Waals surface area contributed by atoms with Gasteiger partial charge in [0.2, 0.25) is 0 Å². The molecule has 1 aromatic carbocycles. The normalized spacial score (nSPS) is 17.8. The minimum absolute atomic E-state index is 0.0751. The van der Waals surface area contributed by atoms with Gasteiger partial charge in [0.25, 0.3) is 5.91 Å². The molecule has 1 aromatic heterocycles. The Morgan fingerprint density at radius 3 is 2.68 bits per heavy atom. The van der Waals surface area contributed by atoms with Gasteiger partial charge in [-0.3, -0.25) is 9.69 Å². The van der Waals surface area contributed by atoms with E-state index in [2.05, 4.69) is 9.88 Å². The van der Waals surface area contributed by atoms with Crippen molar-refractivity contribution in [2.24, 2.45) is 5.92 Å². The Balaban J connectivity index is 1.62. The number of hydrogen-bond donors (Lipinski definition) is 2. The second-order valence-electron chi connectivity index (χ2n) is 6.15. The molecule has 1 fully saturated rings. The average Bonchev–Trinajstić information content (AvgIpc) is 2.98. The van der Waals surface area contributed by atoms with E-state index in [1.54, 1.807) is 0 Å². The Hall–Kier alpha value is -1.85. The Bertz CT molecular complexity index is 611. The summed E-state index contributed by atoms with van der Waals surface area (Å²) in [5.41, 5.74) is 1.67. The fraction of sp³-hybridized carbons (Fsp3) is 0.471. The minimum atomic E-state index is 0.0751. The number of aliphatic hydroxyl groups excluding tert-OH is 1. The van der Waals surface area contributed by atoms with E-state index >= 15 is 0 Å². The lowest BCUT2D eigenvalue weighted by Crippen LogP contribution is -2.49. The molecule has 0 saturated carbocycles. The lowest BCUT2D eigenvalue weighted by atomic mass is 10.1. The van der Waals surface area contributed by atoms with Gasteiger partial charge in [-0.1, -0.05) is 25.1 Å². The number of carbonyl (C=O) groups excluding carboxylic acids is 1. The quantitative estimate of drug-likeness (QED) is 0.901. The number of aromatic amines is 1. The van der Waals surface area contributed by atoms with Crippen LogP contribution in [0.3, 0.4) is 0 Å². The number of carbonyl (C=O) groups is 1. The highest BCUT2D eigenvalue weighted by Crippen LogP contribution is 2.17. The first-order valence-corrected chi connectivity index (χ1v) is 7.87. The molecule has 0 bridgehead atoms. The van der Waals surface area contributed by atoms with Crippen molar-refractivity contribution in [1.29, 1.82) is 0 Å². The molecule has 5 nitrogen and oxygen atoms in total. The monoisotopic (exact) mass is 301 g/mol. The molecule has 2 N–H and O–H groups in total. The maximum absolute atomic E-state index is 12.6. The first kappa shape index (κ1) is 15.1. The maximum atomic E-state index is 12.6. The number of aliphatic hydroxyl groups is 1. The third-order valence-electron chi connectivity index (χ3n) is 4.30. The summed E-state index contributed by atoms with van der Waals surface area (Å²) in [4.78, 5) is 20.0. The largest absolute Gasteiger partial charge is 0.396 e. The van der Waals surface area contributed by atoms with Crippen molar-refractivity contribution in [3.63, 3.8) is 0 Å². The van der Waals surface area contributed by atoms with Gasteiger partial charge in [0.05, 0.1) is 0 Å². The molecule has 1 unspecified atom stereocenters. The van der Waals surface area contributed by atoms with Gasteiger partial charge in [-0.2, -0.15) is 0 Å². The van der Waals surface area contributed by atoms with Crippen molar-refractivity contribution in [2.45, 2.75) is 6.92 Å². The van der Waals surface area contributed by atoms with Gasteiger partial charge in [-0.25, -0.2) is 0 Å². The van der Waals surface area contributed by atoms with Gasteiger partial charge in [0.15, 0.2) is 0 Å². The van der Waals surface area contributed by atoms with Gasteiger partial charge >= 0.3 is 0 Å². The minimum Gasteiger partial charge on any atom is -0.396 e. The average molecular weight is 301 g/mol. The molecule has 1 aliphatic heterocycles. The van der Waals surface area contributed by atoms with Crippen molar-refractivity contribution in [3.8, 4) is 0 Å². The SMILES string of the molecule is CC(CO)CN1CCN(C(=O)c2cc3ccccc3[nH]2)CC1. The first-order chi connectivity index (χ1) is 10.7. The number of aromatic nitrogens is 1. The molecule has 1 aliphatic rings. The van der Waals surface area contributed by atoms with Crippen LogP contribution in [0.5, 0.6) is 0 Å². The van der Waals surface area contributed by atoms with Crippen LogP contribution in [-0.4, -0.2) is 65.1 Å². The van der Waals surface area contributed by atoms with E-state index in [9.17, 15) is 4.79 Å². The molecule has 3 rings (SSSR count). The van der Waals surface area contributed by atoms with Crippen LogP contribution in [-0.2, 0) is 0 Å². The van der Waals surface area contributed by atoms with Gasteiger partial charge in [0, 0.05) is 50.2 Å². The highest BCUT2D eigenvalue weighted by Gasteiger charge is 2.23. The van der Waals surface area contributed by atoms with Crippen LogP contribution in [0.15, 0.2) is 30.3 Å². The Labute approximate surface area is 130 Å². The molecule has 1 saturated heterocycles. The molecule has 0 radical (unpaired) electrons. The van der Waals surface area contributed by atoms with Crippen LogP contribution < -0.4 is 0 Å². The summed E-state index contributed by atoms with van der Waals surface area (Å²) in [5, 5.41) is 10.2. The molecule has 22 heavy (non-hydrogen) atoms. The summed E-state index contributed by atoms with van der Waals surface area (Å²) in [7, 11) is 0. The molecule has 2 heterocycles. The molecule has 0 aliphatic carbocycles. The summed E-state index contributed by atoms with van der Waals surface area (Å²) < 4.78 is 0. The number of H-pyrrole nitrogens is 1. The van der Waals surface area contributed by atoms with Gasteiger partial charge in [-0.15, -0.1) is 0 Å². The van der Waals surface area contributed by atoms with E-state index < -0.39 is 0 Å².